The maximum Gasteiger partial charge on any atom is 0.145 e. The predicted molar refractivity (Wildman–Crippen MR) is 68.1 cm³/mol. The molecular formula is C10H11BrClN3. The molecule has 0 saturated carbocycles. The minimum absolute atomic E-state index is 0. The van der Waals surface area contributed by atoms with Crippen LogP contribution in [0.25, 0.3) is 11.3 Å². The summed E-state index contributed by atoms with van der Waals surface area (Å²) < 4.78 is 1.04. The molecule has 2 aromatic rings. The fourth-order valence-corrected chi connectivity index (χ4v) is 2.02. The minimum atomic E-state index is 0. The molecule has 15 heavy (non-hydrogen) atoms. The molecule has 0 fully saturated rings. The number of hydrogen-bond donors (Lipinski definition) is 2. The smallest absolute Gasteiger partial charge is 0.145 e. The lowest BCUT2D eigenvalue weighted by Gasteiger charge is -2.01. The monoisotopic (exact) mass is 287 g/mol. The van der Waals surface area contributed by atoms with E-state index < -0.39 is 0 Å². The van der Waals surface area contributed by atoms with Crippen LogP contribution >= 0.6 is 28.3 Å². The van der Waals surface area contributed by atoms with Gasteiger partial charge in [0.25, 0.3) is 0 Å². The Morgan fingerprint density at radius 3 is 2.60 bits per heavy atom. The summed E-state index contributed by atoms with van der Waals surface area (Å²) in [5, 5.41) is 6.77. The fourth-order valence-electron chi connectivity index (χ4n) is 1.31. The van der Waals surface area contributed by atoms with E-state index in [0.717, 1.165) is 15.7 Å². The molecule has 0 saturated heterocycles. The van der Waals surface area contributed by atoms with Crippen LogP contribution in [0.4, 0.5) is 5.82 Å². The zero-order chi connectivity index (χ0) is 10.1. The topological polar surface area (TPSA) is 54.7 Å². The molecule has 0 spiro atoms. The number of anilines is 1. The van der Waals surface area contributed by atoms with Crippen LogP contribution in [0.2, 0.25) is 0 Å². The van der Waals surface area contributed by atoms with Crippen molar-refractivity contribution in [2.45, 2.75) is 6.92 Å². The highest BCUT2D eigenvalue weighted by molar-refractivity contribution is 9.10. The number of nitrogen functional groups attached to an aromatic ring is 1. The van der Waals surface area contributed by atoms with Crippen LogP contribution < -0.4 is 5.73 Å². The zero-order valence-corrected chi connectivity index (χ0v) is 10.5. The SMILES string of the molecule is Cc1ccc(-c2cc(N)n[nH]2)c(Br)c1.Cl. The quantitative estimate of drug-likeness (QED) is 0.847. The van der Waals surface area contributed by atoms with Gasteiger partial charge in [-0.05, 0) is 18.6 Å². The van der Waals surface area contributed by atoms with Crippen LogP contribution in [-0.2, 0) is 0 Å². The van der Waals surface area contributed by atoms with Crippen LogP contribution in [0.15, 0.2) is 28.7 Å². The number of aromatic nitrogens is 2. The van der Waals surface area contributed by atoms with Gasteiger partial charge in [-0.3, -0.25) is 5.10 Å². The van der Waals surface area contributed by atoms with Crippen molar-refractivity contribution in [1.29, 1.82) is 0 Å². The van der Waals surface area contributed by atoms with Gasteiger partial charge in [0, 0.05) is 16.1 Å². The Labute approximate surface area is 103 Å². The van der Waals surface area contributed by atoms with Crippen molar-refractivity contribution in [2.75, 3.05) is 5.73 Å². The second-order valence-corrected chi connectivity index (χ2v) is 4.04. The molecule has 2 rings (SSSR count). The number of nitrogens with zero attached hydrogens (tertiary/aromatic N) is 1. The van der Waals surface area contributed by atoms with Gasteiger partial charge in [0.1, 0.15) is 5.82 Å². The number of hydrogen-bond acceptors (Lipinski definition) is 2. The van der Waals surface area contributed by atoms with E-state index >= 15 is 0 Å². The highest BCUT2D eigenvalue weighted by Crippen LogP contribution is 2.28. The van der Waals surface area contributed by atoms with E-state index in [1.807, 2.05) is 12.1 Å². The molecule has 5 heteroatoms. The Kier molecular flexibility index (Phi) is 3.77. The molecule has 80 valence electrons. The summed E-state index contributed by atoms with van der Waals surface area (Å²) in [6.45, 7) is 2.05. The van der Waals surface area contributed by atoms with Gasteiger partial charge in [0.2, 0.25) is 0 Å². The standard InChI is InChI=1S/C10H10BrN3.ClH/c1-6-2-3-7(8(11)4-6)9-5-10(12)14-13-9;/h2-5H,1H3,(H3,12,13,14);1H. The molecule has 1 aromatic carbocycles. The van der Waals surface area contributed by atoms with Crippen LogP contribution in [0, 0.1) is 6.92 Å². The predicted octanol–water partition coefficient (Wildman–Crippen LogP) is 3.15. The number of H-pyrrole nitrogens is 1. The van der Waals surface area contributed by atoms with Crippen LogP contribution in [0.3, 0.4) is 0 Å². The Morgan fingerprint density at radius 1 is 1.33 bits per heavy atom. The number of benzene rings is 1. The number of aromatic amines is 1. The van der Waals surface area contributed by atoms with Gasteiger partial charge in [-0.25, -0.2) is 0 Å². The number of nitrogens with two attached hydrogens (primary N) is 1. The lowest BCUT2D eigenvalue weighted by atomic mass is 10.1. The molecule has 1 aromatic heterocycles. The molecule has 3 nitrogen and oxygen atoms in total. The van der Waals surface area contributed by atoms with Crippen LogP contribution in [-0.4, -0.2) is 10.2 Å². The normalized spacial score (nSPS) is 9.73. The summed E-state index contributed by atoms with van der Waals surface area (Å²) in [5.41, 5.74) is 8.75. The Hall–Kier alpha value is -1.00. The third-order valence-electron chi connectivity index (χ3n) is 2.01. The van der Waals surface area contributed by atoms with Gasteiger partial charge in [-0.2, -0.15) is 5.10 Å². The summed E-state index contributed by atoms with van der Waals surface area (Å²) in [4.78, 5) is 0. The van der Waals surface area contributed by atoms with Gasteiger partial charge < -0.3 is 5.73 Å². The summed E-state index contributed by atoms with van der Waals surface area (Å²) >= 11 is 3.50. The van der Waals surface area contributed by atoms with Gasteiger partial charge in [-0.15, -0.1) is 12.4 Å². The first-order valence-corrected chi connectivity index (χ1v) is 5.03. The fraction of sp³-hybridized carbons (Fsp3) is 0.100. The summed E-state index contributed by atoms with van der Waals surface area (Å²) in [6, 6.07) is 7.96. The van der Waals surface area contributed by atoms with Crippen molar-refractivity contribution in [3.63, 3.8) is 0 Å². The number of halogens is 2. The van der Waals surface area contributed by atoms with E-state index in [4.69, 9.17) is 5.73 Å². The third kappa shape index (κ3) is 2.52. The van der Waals surface area contributed by atoms with Gasteiger partial charge in [0.15, 0.2) is 0 Å². The second kappa shape index (κ2) is 4.68. The maximum atomic E-state index is 5.54. The highest BCUT2D eigenvalue weighted by atomic mass is 79.9. The molecule has 1 heterocycles. The van der Waals surface area contributed by atoms with Gasteiger partial charge in [0.05, 0.1) is 5.69 Å². The lowest BCUT2D eigenvalue weighted by molar-refractivity contribution is 1.10. The Morgan fingerprint density at radius 2 is 2.07 bits per heavy atom. The lowest BCUT2D eigenvalue weighted by Crippen LogP contribution is -1.81. The maximum absolute atomic E-state index is 5.54. The highest BCUT2D eigenvalue weighted by Gasteiger charge is 2.05. The number of rotatable bonds is 1. The van der Waals surface area contributed by atoms with Crippen molar-refractivity contribution in [3.8, 4) is 11.3 Å². The summed E-state index contributed by atoms with van der Waals surface area (Å²) in [7, 11) is 0. The first-order valence-electron chi connectivity index (χ1n) is 4.24. The molecule has 0 aliphatic carbocycles. The van der Waals surface area contributed by atoms with Gasteiger partial charge >= 0.3 is 0 Å². The Balaban J connectivity index is 0.00000112. The third-order valence-corrected chi connectivity index (χ3v) is 2.67. The van der Waals surface area contributed by atoms with E-state index in [1.165, 1.54) is 5.56 Å². The summed E-state index contributed by atoms with van der Waals surface area (Å²) in [5.74, 6) is 0.507. The van der Waals surface area contributed by atoms with Gasteiger partial charge in [-0.1, -0.05) is 28.1 Å². The first kappa shape index (κ1) is 12.1. The largest absolute Gasteiger partial charge is 0.382 e. The number of aryl methyl sites for hydroxylation is 1. The average molecular weight is 289 g/mol. The minimum Gasteiger partial charge on any atom is -0.382 e. The first-order chi connectivity index (χ1) is 6.66. The van der Waals surface area contributed by atoms with Crippen molar-refractivity contribution >= 4 is 34.2 Å². The molecule has 3 N–H and O–H groups in total. The molecule has 0 radical (unpaired) electrons. The molecule has 0 amide bonds. The van der Waals surface area contributed by atoms with Crippen molar-refractivity contribution in [2.24, 2.45) is 0 Å². The molecule has 0 bridgehead atoms. The van der Waals surface area contributed by atoms with Crippen molar-refractivity contribution in [3.05, 3.63) is 34.3 Å². The van der Waals surface area contributed by atoms with E-state index in [0.29, 0.717) is 5.82 Å². The van der Waals surface area contributed by atoms with Crippen molar-refractivity contribution in [1.82, 2.24) is 10.2 Å². The molecular weight excluding hydrogens is 277 g/mol. The molecule has 0 atom stereocenters. The zero-order valence-electron chi connectivity index (χ0n) is 8.12. The number of nitrogens with one attached hydrogen (secondary N) is 1. The van der Waals surface area contributed by atoms with E-state index in [1.54, 1.807) is 0 Å². The second-order valence-electron chi connectivity index (χ2n) is 3.19. The van der Waals surface area contributed by atoms with E-state index in [-0.39, 0.29) is 12.4 Å². The molecule has 0 unspecified atom stereocenters. The average Bonchev–Trinajstić information content (AvgIpc) is 2.51. The van der Waals surface area contributed by atoms with E-state index in [2.05, 4.69) is 45.2 Å². The van der Waals surface area contributed by atoms with E-state index in [9.17, 15) is 0 Å². The Bertz CT molecular complexity index is 467. The van der Waals surface area contributed by atoms with Crippen molar-refractivity contribution < 1.29 is 0 Å². The molecule has 0 aliphatic heterocycles. The van der Waals surface area contributed by atoms with Crippen LogP contribution in [0.1, 0.15) is 5.56 Å². The summed E-state index contributed by atoms with van der Waals surface area (Å²) in [6.07, 6.45) is 0. The molecule has 0 aliphatic rings. The van der Waals surface area contributed by atoms with Crippen LogP contribution in [0.5, 0.6) is 0 Å².